The highest BCUT2D eigenvalue weighted by Crippen LogP contribution is 2.36. The van der Waals surface area contributed by atoms with Gasteiger partial charge in [-0.2, -0.15) is 5.10 Å². The third kappa shape index (κ3) is 4.36. The van der Waals surface area contributed by atoms with Crippen molar-refractivity contribution in [2.75, 3.05) is 10.3 Å². The first-order valence-electron chi connectivity index (χ1n) is 10.7. The van der Waals surface area contributed by atoms with Crippen molar-refractivity contribution < 1.29 is 0 Å². The van der Waals surface area contributed by atoms with Crippen LogP contribution in [0.2, 0.25) is 0 Å². The molecular weight excluding hydrogens is 378 g/mol. The molecule has 1 aliphatic rings. The minimum atomic E-state index is 0.199. The van der Waals surface area contributed by atoms with Crippen molar-refractivity contribution in [3.05, 3.63) is 132 Å². The Balaban J connectivity index is 1.39. The quantitative estimate of drug-likeness (QED) is 0.390. The van der Waals surface area contributed by atoms with Crippen molar-refractivity contribution in [2.24, 2.45) is 5.10 Å². The zero-order valence-corrected chi connectivity index (χ0v) is 17.4. The largest absolute Gasteiger partial charge is 0.381 e. The first kappa shape index (κ1) is 19.1. The molecule has 31 heavy (non-hydrogen) atoms. The summed E-state index contributed by atoms with van der Waals surface area (Å²) < 4.78 is 0. The van der Waals surface area contributed by atoms with Gasteiger partial charge in [0.2, 0.25) is 0 Å². The van der Waals surface area contributed by atoms with Crippen LogP contribution in [0, 0.1) is 0 Å². The molecule has 3 heteroatoms. The second-order valence-electron chi connectivity index (χ2n) is 7.77. The number of para-hydroxylation sites is 1. The summed E-state index contributed by atoms with van der Waals surface area (Å²) in [7, 11) is 0. The van der Waals surface area contributed by atoms with E-state index in [-0.39, 0.29) is 6.04 Å². The molecule has 0 radical (unpaired) electrons. The zero-order chi connectivity index (χ0) is 20.9. The topological polar surface area (TPSA) is 27.6 Å². The summed E-state index contributed by atoms with van der Waals surface area (Å²) in [5.41, 5.74) is 7.09. The fraction of sp³-hybridized carbons (Fsp3) is 0.107. The molecule has 3 nitrogen and oxygen atoms in total. The van der Waals surface area contributed by atoms with Crippen LogP contribution in [0.5, 0.6) is 0 Å². The van der Waals surface area contributed by atoms with Crippen molar-refractivity contribution in [3.8, 4) is 0 Å². The highest BCUT2D eigenvalue weighted by molar-refractivity contribution is 6.03. The van der Waals surface area contributed by atoms with Gasteiger partial charge in [-0.05, 0) is 41.0 Å². The lowest BCUT2D eigenvalue weighted by molar-refractivity contribution is 0.709. The molecule has 0 fully saturated rings. The lowest BCUT2D eigenvalue weighted by Gasteiger charge is -2.24. The fourth-order valence-corrected chi connectivity index (χ4v) is 4.01. The molecule has 0 bridgehead atoms. The normalized spacial score (nSPS) is 15.5. The number of nitrogens with one attached hydrogen (secondary N) is 1. The molecule has 0 saturated heterocycles. The Labute approximate surface area is 183 Å². The predicted octanol–water partition coefficient (Wildman–Crippen LogP) is 6.65. The lowest BCUT2D eigenvalue weighted by Crippen LogP contribution is -2.18. The molecule has 0 aromatic heterocycles. The summed E-state index contributed by atoms with van der Waals surface area (Å²) in [6.07, 6.45) is 0.894. The summed E-state index contributed by atoms with van der Waals surface area (Å²) in [6, 6.07) is 40.4. The van der Waals surface area contributed by atoms with Gasteiger partial charge in [0.05, 0.1) is 17.4 Å². The SMILES string of the molecule is c1ccc(NCc2ccc(N3N=C(c4ccccc4)CC3c3ccccc3)cc2)cc1. The van der Waals surface area contributed by atoms with Crippen LogP contribution in [0.15, 0.2) is 120 Å². The first-order chi connectivity index (χ1) is 15.4. The minimum Gasteiger partial charge on any atom is -0.381 e. The number of rotatable bonds is 6. The molecule has 1 heterocycles. The summed E-state index contributed by atoms with van der Waals surface area (Å²) in [5.74, 6) is 0. The Morgan fingerprint density at radius 3 is 2.00 bits per heavy atom. The van der Waals surface area contributed by atoms with Crippen molar-refractivity contribution in [1.82, 2.24) is 0 Å². The molecule has 0 aliphatic carbocycles. The average molecular weight is 404 g/mol. The van der Waals surface area contributed by atoms with E-state index in [4.69, 9.17) is 5.10 Å². The van der Waals surface area contributed by atoms with Crippen molar-refractivity contribution in [1.29, 1.82) is 0 Å². The Bertz CT molecular complexity index is 1140. The van der Waals surface area contributed by atoms with Crippen LogP contribution in [0.4, 0.5) is 11.4 Å². The molecule has 1 atom stereocenters. The van der Waals surface area contributed by atoms with Crippen LogP contribution >= 0.6 is 0 Å². The highest BCUT2D eigenvalue weighted by Gasteiger charge is 2.29. The van der Waals surface area contributed by atoms with E-state index in [2.05, 4.69) is 101 Å². The van der Waals surface area contributed by atoms with E-state index in [1.165, 1.54) is 16.7 Å². The third-order valence-electron chi connectivity index (χ3n) is 5.67. The van der Waals surface area contributed by atoms with Crippen LogP contribution < -0.4 is 10.3 Å². The molecule has 1 N–H and O–H groups in total. The van der Waals surface area contributed by atoms with Gasteiger partial charge in [-0.3, -0.25) is 5.01 Å². The van der Waals surface area contributed by atoms with Crippen LogP contribution in [0.1, 0.15) is 29.2 Å². The van der Waals surface area contributed by atoms with Crippen LogP contribution in [-0.4, -0.2) is 5.71 Å². The van der Waals surface area contributed by atoms with Gasteiger partial charge in [0, 0.05) is 18.7 Å². The number of hydrogen-bond acceptors (Lipinski definition) is 3. The number of hydrogen-bond donors (Lipinski definition) is 1. The third-order valence-corrected chi connectivity index (χ3v) is 5.67. The molecule has 1 unspecified atom stereocenters. The summed E-state index contributed by atoms with van der Waals surface area (Å²) in [6.45, 7) is 0.797. The maximum atomic E-state index is 5.04. The van der Waals surface area contributed by atoms with E-state index >= 15 is 0 Å². The molecule has 1 aliphatic heterocycles. The van der Waals surface area contributed by atoms with E-state index < -0.39 is 0 Å². The molecule has 5 rings (SSSR count). The number of nitrogens with zero attached hydrogens (tertiary/aromatic N) is 2. The monoisotopic (exact) mass is 403 g/mol. The first-order valence-corrected chi connectivity index (χ1v) is 10.7. The average Bonchev–Trinajstić information content (AvgIpc) is 3.30. The predicted molar refractivity (Wildman–Crippen MR) is 129 cm³/mol. The second-order valence-corrected chi connectivity index (χ2v) is 7.77. The van der Waals surface area contributed by atoms with E-state index in [0.717, 1.165) is 30.1 Å². The molecule has 152 valence electrons. The molecular formula is C28H25N3. The summed E-state index contributed by atoms with van der Waals surface area (Å²) >= 11 is 0. The standard InChI is InChI=1S/C28H25N3/c1-4-10-23(11-5-1)27-20-28(24-12-6-2-7-13-24)31(30-27)26-18-16-22(17-19-26)21-29-25-14-8-3-9-15-25/h1-19,28-29H,20-21H2. The Morgan fingerprint density at radius 1 is 0.710 bits per heavy atom. The smallest absolute Gasteiger partial charge is 0.0831 e. The lowest BCUT2D eigenvalue weighted by atomic mass is 9.98. The van der Waals surface area contributed by atoms with Gasteiger partial charge in [0.25, 0.3) is 0 Å². The number of anilines is 2. The van der Waals surface area contributed by atoms with E-state index in [9.17, 15) is 0 Å². The summed E-state index contributed by atoms with van der Waals surface area (Å²) in [4.78, 5) is 0. The fourth-order valence-electron chi connectivity index (χ4n) is 4.01. The molecule has 0 spiro atoms. The Morgan fingerprint density at radius 2 is 1.32 bits per heavy atom. The van der Waals surface area contributed by atoms with Crippen molar-refractivity contribution in [3.63, 3.8) is 0 Å². The summed E-state index contributed by atoms with van der Waals surface area (Å²) in [5, 5.41) is 10.7. The van der Waals surface area contributed by atoms with Crippen LogP contribution in [0.25, 0.3) is 0 Å². The van der Waals surface area contributed by atoms with Gasteiger partial charge in [-0.1, -0.05) is 91.0 Å². The van der Waals surface area contributed by atoms with Crippen LogP contribution in [0.3, 0.4) is 0 Å². The van der Waals surface area contributed by atoms with E-state index in [1.54, 1.807) is 0 Å². The molecule has 0 amide bonds. The maximum absolute atomic E-state index is 5.04. The molecule has 0 saturated carbocycles. The highest BCUT2D eigenvalue weighted by atomic mass is 15.5. The second kappa shape index (κ2) is 8.88. The Hall–Kier alpha value is -3.85. The Kier molecular flexibility index (Phi) is 5.48. The van der Waals surface area contributed by atoms with Gasteiger partial charge in [-0.25, -0.2) is 0 Å². The number of benzene rings is 4. The van der Waals surface area contributed by atoms with Gasteiger partial charge in [0.15, 0.2) is 0 Å². The molecule has 4 aromatic rings. The van der Waals surface area contributed by atoms with Crippen LogP contribution in [-0.2, 0) is 6.54 Å². The molecule has 4 aromatic carbocycles. The maximum Gasteiger partial charge on any atom is 0.0831 e. The number of hydrazone groups is 1. The van der Waals surface area contributed by atoms with Gasteiger partial charge in [-0.15, -0.1) is 0 Å². The zero-order valence-electron chi connectivity index (χ0n) is 17.4. The van der Waals surface area contributed by atoms with Crippen molar-refractivity contribution in [2.45, 2.75) is 19.0 Å². The van der Waals surface area contributed by atoms with Crippen molar-refractivity contribution >= 4 is 17.1 Å². The minimum absolute atomic E-state index is 0.199. The van der Waals surface area contributed by atoms with Gasteiger partial charge in [0.1, 0.15) is 0 Å². The van der Waals surface area contributed by atoms with Gasteiger partial charge >= 0.3 is 0 Å². The van der Waals surface area contributed by atoms with E-state index in [1.807, 2.05) is 24.3 Å². The van der Waals surface area contributed by atoms with Gasteiger partial charge < -0.3 is 5.32 Å². The van der Waals surface area contributed by atoms with E-state index in [0.29, 0.717) is 0 Å².